The van der Waals surface area contributed by atoms with Crippen LogP contribution in [0.15, 0.2) is 18.3 Å². The number of pyridine rings is 1. The SMILES string of the molecule is CC(C)(C)OC(=O)Nc1ccc(NC2CCCNCC2)cn1. The molecule has 1 atom stereocenters. The molecule has 1 aromatic heterocycles. The topological polar surface area (TPSA) is 75.3 Å². The molecule has 1 aliphatic rings. The molecule has 0 radical (unpaired) electrons. The lowest BCUT2D eigenvalue weighted by Crippen LogP contribution is -2.27. The summed E-state index contributed by atoms with van der Waals surface area (Å²) in [6, 6.07) is 4.18. The van der Waals surface area contributed by atoms with Crippen LogP contribution in [0.2, 0.25) is 0 Å². The van der Waals surface area contributed by atoms with E-state index in [0.717, 1.165) is 31.6 Å². The first-order valence-corrected chi connectivity index (χ1v) is 7.86. The number of rotatable bonds is 3. The summed E-state index contributed by atoms with van der Waals surface area (Å²) in [6.45, 7) is 7.62. The molecule has 2 heterocycles. The van der Waals surface area contributed by atoms with Crippen molar-refractivity contribution in [2.24, 2.45) is 0 Å². The van der Waals surface area contributed by atoms with Gasteiger partial charge in [0, 0.05) is 6.04 Å². The van der Waals surface area contributed by atoms with Gasteiger partial charge in [-0.3, -0.25) is 5.32 Å². The van der Waals surface area contributed by atoms with Crippen molar-refractivity contribution in [3.63, 3.8) is 0 Å². The van der Waals surface area contributed by atoms with Crippen LogP contribution in [0.3, 0.4) is 0 Å². The number of carbonyl (C=O) groups is 1. The molecule has 0 bridgehead atoms. The van der Waals surface area contributed by atoms with Crippen molar-refractivity contribution in [3.05, 3.63) is 18.3 Å². The third-order valence-corrected chi connectivity index (χ3v) is 3.34. The van der Waals surface area contributed by atoms with Crippen LogP contribution in [-0.4, -0.2) is 35.8 Å². The minimum absolute atomic E-state index is 0.474. The quantitative estimate of drug-likeness (QED) is 0.800. The zero-order valence-corrected chi connectivity index (χ0v) is 13.6. The van der Waals surface area contributed by atoms with E-state index >= 15 is 0 Å². The zero-order valence-electron chi connectivity index (χ0n) is 13.6. The number of aromatic nitrogens is 1. The fraction of sp³-hybridized carbons (Fsp3) is 0.625. The maximum Gasteiger partial charge on any atom is 0.413 e. The van der Waals surface area contributed by atoms with Crippen LogP contribution in [0.25, 0.3) is 0 Å². The Morgan fingerprint density at radius 2 is 2.14 bits per heavy atom. The normalized spacial score (nSPS) is 19.1. The van der Waals surface area contributed by atoms with E-state index in [-0.39, 0.29) is 0 Å². The summed E-state index contributed by atoms with van der Waals surface area (Å²) in [7, 11) is 0. The number of nitrogens with zero attached hydrogens (tertiary/aromatic N) is 1. The molecule has 1 saturated heterocycles. The van der Waals surface area contributed by atoms with Crippen molar-refractivity contribution in [1.82, 2.24) is 10.3 Å². The number of amides is 1. The largest absolute Gasteiger partial charge is 0.444 e. The lowest BCUT2D eigenvalue weighted by atomic mass is 10.1. The molecule has 0 saturated carbocycles. The Bertz CT molecular complexity index is 474. The Balaban J connectivity index is 1.85. The molecule has 1 amide bonds. The van der Waals surface area contributed by atoms with Crippen LogP contribution < -0.4 is 16.0 Å². The van der Waals surface area contributed by atoms with Crippen molar-refractivity contribution < 1.29 is 9.53 Å². The molecule has 0 spiro atoms. The van der Waals surface area contributed by atoms with Crippen LogP contribution in [0.1, 0.15) is 40.0 Å². The molecule has 0 aliphatic carbocycles. The second-order valence-electron chi connectivity index (χ2n) is 6.58. The molecule has 22 heavy (non-hydrogen) atoms. The highest BCUT2D eigenvalue weighted by Gasteiger charge is 2.16. The number of nitrogens with one attached hydrogen (secondary N) is 3. The van der Waals surface area contributed by atoms with Crippen molar-refractivity contribution in [1.29, 1.82) is 0 Å². The molecule has 2 rings (SSSR count). The fourth-order valence-corrected chi connectivity index (χ4v) is 2.36. The number of anilines is 2. The van der Waals surface area contributed by atoms with E-state index in [1.165, 1.54) is 6.42 Å². The highest BCUT2D eigenvalue weighted by atomic mass is 16.6. The van der Waals surface area contributed by atoms with E-state index in [1.807, 2.05) is 26.8 Å². The smallest absolute Gasteiger partial charge is 0.413 e. The number of ether oxygens (including phenoxy) is 1. The number of carbonyl (C=O) groups excluding carboxylic acids is 1. The van der Waals surface area contributed by atoms with Crippen molar-refractivity contribution >= 4 is 17.6 Å². The van der Waals surface area contributed by atoms with Gasteiger partial charge in [-0.1, -0.05) is 0 Å². The van der Waals surface area contributed by atoms with Gasteiger partial charge in [0.2, 0.25) is 0 Å². The van der Waals surface area contributed by atoms with Crippen LogP contribution in [0.5, 0.6) is 0 Å². The molecule has 1 aliphatic heterocycles. The molecule has 122 valence electrons. The first kappa shape index (κ1) is 16.5. The Morgan fingerprint density at radius 1 is 1.32 bits per heavy atom. The first-order chi connectivity index (χ1) is 10.4. The predicted molar refractivity (Wildman–Crippen MR) is 88.2 cm³/mol. The second kappa shape index (κ2) is 7.45. The summed E-state index contributed by atoms with van der Waals surface area (Å²) in [5, 5.41) is 9.52. The van der Waals surface area contributed by atoms with Gasteiger partial charge in [-0.15, -0.1) is 0 Å². The molecule has 3 N–H and O–H groups in total. The molecular formula is C16H26N4O2. The number of hydrogen-bond acceptors (Lipinski definition) is 5. The fourth-order valence-electron chi connectivity index (χ4n) is 2.36. The molecule has 0 aromatic carbocycles. The molecule has 1 aromatic rings. The number of hydrogen-bond donors (Lipinski definition) is 3. The highest BCUT2D eigenvalue weighted by Crippen LogP contribution is 2.16. The van der Waals surface area contributed by atoms with Crippen molar-refractivity contribution in [2.45, 2.75) is 51.7 Å². The van der Waals surface area contributed by atoms with E-state index in [0.29, 0.717) is 11.9 Å². The third kappa shape index (κ3) is 5.89. The van der Waals surface area contributed by atoms with Gasteiger partial charge < -0.3 is 15.4 Å². The molecular weight excluding hydrogens is 280 g/mol. The zero-order chi connectivity index (χ0) is 16.0. The lowest BCUT2D eigenvalue weighted by Gasteiger charge is -2.20. The van der Waals surface area contributed by atoms with Crippen LogP contribution in [0.4, 0.5) is 16.3 Å². The van der Waals surface area contributed by atoms with Gasteiger partial charge in [0.15, 0.2) is 0 Å². The van der Waals surface area contributed by atoms with Crippen LogP contribution >= 0.6 is 0 Å². The minimum atomic E-state index is -0.515. The predicted octanol–water partition coefficient (Wildman–Crippen LogP) is 2.98. The van der Waals surface area contributed by atoms with Crippen molar-refractivity contribution in [3.8, 4) is 0 Å². The van der Waals surface area contributed by atoms with E-state index < -0.39 is 11.7 Å². The molecule has 1 unspecified atom stereocenters. The lowest BCUT2D eigenvalue weighted by molar-refractivity contribution is 0.0635. The maximum absolute atomic E-state index is 11.7. The Kier molecular flexibility index (Phi) is 5.60. The monoisotopic (exact) mass is 306 g/mol. The third-order valence-electron chi connectivity index (χ3n) is 3.34. The van der Waals surface area contributed by atoms with Gasteiger partial charge in [0.25, 0.3) is 0 Å². The first-order valence-electron chi connectivity index (χ1n) is 7.86. The maximum atomic E-state index is 11.7. The summed E-state index contributed by atoms with van der Waals surface area (Å²) in [4.78, 5) is 15.9. The van der Waals surface area contributed by atoms with Gasteiger partial charge in [-0.05, 0) is 65.3 Å². The molecule has 6 heteroatoms. The van der Waals surface area contributed by atoms with Gasteiger partial charge >= 0.3 is 6.09 Å². The van der Waals surface area contributed by atoms with Gasteiger partial charge in [0.1, 0.15) is 11.4 Å². The Hall–Kier alpha value is -1.82. The summed E-state index contributed by atoms with van der Waals surface area (Å²) in [6.07, 6.45) is 4.70. The van der Waals surface area contributed by atoms with Crippen LogP contribution in [0, 0.1) is 0 Å². The highest BCUT2D eigenvalue weighted by molar-refractivity contribution is 5.83. The van der Waals surface area contributed by atoms with Crippen molar-refractivity contribution in [2.75, 3.05) is 23.7 Å². The van der Waals surface area contributed by atoms with E-state index in [2.05, 4.69) is 20.9 Å². The average molecular weight is 306 g/mol. The van der Waals surface area contributed by atoms with Crippen LogP contribution in [-0.2, 0) is 4.74 Å². The summed E-state index contributed by atoms with van der Waals surface area (Å²) >= 11 is 0. The minimum Gasteiger partial charge on any atom is -0.444 e. The van der Waals surface area contributed by atoms with Gasteiger partial charge in [0.05, 0.1) is 11.9 Å². The van der Waals surface area contributed by atoms with E-state index in [4.69, 9.17) is 4.74 Å². The summed E-state index contributed by atoms with van der Waals surface area (Å²) in [5.41, 5.74) is 0.459. The van der Waals surface area contributed by atoms with Gasteiger partial charge in [-0.25, -0.2) is 9.78 Å². The Labute approximate surface area is 132 Å². The second-order valence-corrected chi connectivity index (χ2v) is 6.58. The Morgan fingerprint density at radius 3 is 2.82 bits per heavy atom. The average Bonchev–Trinajstić information content (AvgIpc) is 2.67. The van der Waals surface area contributed by atoms with E-state index in [9.17, 15) is 4.79 Å². The van der Waals surface area contributed by atoms with E-state index in [1.54, 1.807) is 12.3 Å². The van der Waals surface area contributed by atoms with Gasteiger partial charge in [-0.2, -0.15) is 0 Å². The summed E-state index contributed by atoms with van der Waals surface area (Å²) < 4.78 is 5.19. The molecule has 6 nitrogen and oxygen atoms in total. The summed E-state index contributed by atoms with van der Waals surface area (Å²) in [5.74, 6) is 0.488. The standard InChI is InChI=1S/C16H26N4O2/c1-16(2,3)22-15(21)20-14-7-6-13(11-18-14)19-12-5-4-9-17-10-8-12/h6-7,11-12,17,19H,4-5,8-10H2,1-3H3,(H,18,20,21). The molecule has 1 fully saturated rings.